The highest BCUT2D eigenvalue weighted by molar-refractivity contribution is 7.89. The van der Waals surface area contributed by atoms with Crippen LogP contribution in [-0.4, -0.2) is 14.3 Å². The van der Waals surface area contributed by atoms with Crippen molar-refractivity contribution in [1.82, 2.24) is 0 Å². The number of hydrogen-bond acceptors (Lipinski definition) is 3. The maximum atomic E-state index is 13.1. The van der Waals surface area contributed by atoms with Gasteiger partial charge >= 0.3 is 0 Å². The molecule has 1 aromatic rings. The molecule has 0 fully saturated rings. The average molecular weight is 253 g/mol. The quantitative estimate of drug-likeness (QED) is 0.787. The van der Waals surface area contributed by atoms with Crippen molar-refractivity contribution in [1.29, 1.82) is 0 Å². The van der Waals surface area contributed by atoms with E-state index in [1.54, 1.807) is 0 Å². The molecule has 4 N–H and O–H groups in total. The van der Waals surface area contributed by atoms with Crippen molar-refractivity contribution in [2.45, 2.75) is 4.90 Å². The highest BCUT2D eigenvalue weighted by Gasteiger charge is 2.18. The van der Waals surface area contributed by atoms with E-state index in [0.29, 0.717) is 6.07 Å². The van der Waals surface area contributed by atoms with E-state index in [4.69, 9.17) is 22.5 Å². The molecule has 0 heterocycles. The number of rotatable bonds is 2. The summed E-state index contributed by atoms with van der Waals surface area (Å²) in [6.45, 7) is 0. The number of nitrogens with two attached hydrogens (primary N) is 2. The topological polar surface area (TPSA) is 103 Å². The first kappa shape index (κ1) is 11.9. The van der Waals surface area contributed by atoms with E-state index in [9.17, 15) is 17.6 Å². The molecule has 82 valence electrons. The fourth-order valence-corrected chi connectivity index (χ4v) is 1.66. The average Bonchev–Trinajstić information content (AvgIpc) is 2.06. The number of hydrogen-bond donors (Lipinski definition) is 2. The Hall–Kier alpha value is -1.18. The number of carbonyl (C=O) groups is 1. The Balaban J connectivity index is 3.57. The molecule has 0 spiro atoms. The van der Waals surface area contributed by atoms with E-state index in [1.807, 2.05) is 0 Å². The second kappa shape index (κ2) is 3.76. The van der Waals surface area contributed by atoms with Gasteiger partial charge in [-0.05, 0) is 12.1 Å². The summed E-state index contributed by atoms with van der Waals surface area (Å²) < 4.78 is 34.8. The van der Waals surface area contributed by atoms with Crippen molar-refractivity contribution < 1.29 is 17.6 Å². The van der Waals surface area contributed by atoms with Crippen LogP contribution in [0.1, 0.15) is 10.4 Å². The van der Waals surface area contributed by atoms with Gasteiger partial charge in [0.05, 0.1) is 15.5 Å². The number of benzene rings is 1. The molecule has 0 atom stereocenters. The van der Waals surface area contributed by atoms with Gasteiger partial charge in [0.1, 0.15) is 5.82 Å². The lowest BCUT2D eigenvalue weighted by molar-refractivity contribution is 0.1000. The summed E-state index contributed by atoms with van der Waals surface area (Å²) >= 11 is 5.40. The van der Waals surface area contributed by atoms with Crippen LogP contribution in [0, 0.1) is 5.82 Å². The lowest BCUT2D eigenvalue weighted by Gasteiger charge is -2.04. The standard InChI is InChI=1S/C7H6ClFN2O3S/c8-6-4(7(10)12)1-3(2-5(6)9)15(11,13)14/h1-2H,(H2,10,12)(H2,11,13,14). The Kier molecular flexibility index (Phi) is 2.98. The van der Waals surface area contributed by atoms with Crippen LogP contribution in [0.25, 0.3) is 0 Å². The first-order valence-electron chi connectivity index (χ1n) is 3.55. The maximum Gasteiger partial charge on any atom is 0.250 e. The van der Waals surface area contributed by atoms with Gasteiger partial charge in [-0.3, -0.25) is 4.79 Å². The smallest absolute Gasteiger partial charge is 0.250 e. The molecule has 0 bridgehead atoms. The molecule has 0 saturated carbocycles. The Bertz CT molecular complexity index is 529. The van der Waals surface area contributed by atoms with E-state index in [2.05, 4.69) is 0 Å². The predicted octanol–water partition coefficient (Wildman–Crippen LogP) is 0.225. The van der Waals surface area contributed by atoms with Gasteiger partial charge in [-0.2, -0.15) is 0 Å². The van der Waals surface area contributed by atoms with E-state index >= 15 is 0 Å². The molecule has 5 nitrogen and oxygen atoms in total. The van der Waals surface area contributed by atoms with E-state index in [-0.39, 0.29) is 0 Å². The van der Waals surface area contributed by atoms with Crippen molar-refractivity contribution in [2.24, 2.45) is 10.9 Å². The van der Waals surface area contributed by atoms with Gasteiger partial charge in [0.2, 0.25) is 15.9 Å². The fourth-order valence-electron chi connectivity index (χ4n) is 0.908. The SMILES string of the molecule is NC(=O)c1cc(S(N)(=O)=O)cc(F)c1Cl. The van der Waals surface area contributed by atoms with Gasteiger partial charge in [0.15, 0.2) is 0 Å². The number of amides is 1. The molecule has 0 aliphatic heterocycles. The van der Waals surface area contributed by atoms with Crippen LogP contribution in [0.15, 0.2) is 17.0 Å². The molecule has 1 amide bonds. The molecule has 8 heteroatoms. The van der Waals surface area contributed by atoms with Crippen molar-refractivity contribution in [3.05, 3.63) is 28.5 Å². The Labute approximate surface area is 89.9 Å². The zero-order valence-electron chi connectivity index (χ0n) is 7.20. The first-order valence-corrected chi connectivity index (χ1v) is 5.47. The summed E-state index contributed by atoms with van der Waals surface area (Å²) in [6, 6.07) is 1.44. The molecule has 0 aliphatic carbocycles. The largest absolute Gasteiger partial charge is 0.366 e. The van der Waals surface area contributed by atoms with Crippen LogP contribution in [0.4, 0.5) is 4.39 Å². The molecule has 1 aromatic carbocycles. The minimum absolute atomic E-state index is 0.430. The number of primary amides is 1. The van der Waals surface area contributed by atoms with Gasteiger partial charge in [-0.25, -0.2) is 17.9 Å². The molecule has 0 aromatic heterocycles. The van der Waals surface area contributed by atoms with E-state index in [1.165, 1.54) is 0 Å². The van der Waals surface area contributed by atoms with Gasteiger partial charge in [-0.1, -0.05) is 11.6 Å². The number of carbonyl (C=O) groups excluding carboxylic acids is 1. The number of sulfonamides is 1. The lowest BCUT2D eigenvalue weighted by Crippen LogP contribution is -2.17. The molecule has 0 radical (unpaired) electrons. The van der Waals surface area contributed by atoms with Crippen LogP contribution in [-0.2, 0) is 10.0 Å². The highest BCUT2D eigenvalue weighted by atomic mass is 35.5. The predicted molar refractivity (Wildman–Crippen MR) is 51.3 cm³/mol. The second-order valence-electron chi connectivity index (χ2n) is 2.68. The van der Waals surface area contributed by atoms with Gasteiger partial charge in [-0.15, -0.1) is 0 Å². The van der Waals surface area contributed by atoms with Gasteiger partial charge < -0.3 is 5.73 Å². The Morgan fingerprint density at radius 3 is 2.33 bits per heavy atom. The first-order chi connectivity index (χ1) is 6.73. The van der Waals surface area contributed by atoms with Gasteiger partial charge in [0.25, 0.3) is 0 Å². The number of halogens is 2. The third-order valence-corrected chi connectivity index (χ3v) is 2.87. The van der Waals surface area contributed by atoms with Crippen molar-refractivity contribution >= 4 is 27.5 Å². The zero-order chi connectivity index (χ0) is 11.8. The Morgan fingerprint density at radius 2 is 1.93 bits per heavy atom. The summed E-state index contributed by atoms with van der Waals surface area (Å²) in [5.74, 6) is -2.11. The molecule has 0 aliphatic rings. The summed E-state index contributed by atoms with van der Waals surface area (Å²) in [5.41, 5.74) is 4.44. The van der Waals surface area contributed by atoms with Crippen LogP contribution >= 0.6 is 11.6 Å². The number of primary sulfonamides is 1. The summed E-state index contributed by atoms with van der Waals surface area (Å²) in [4.78, 5) is 10.2. The second-order valence-corrected chi connectivity index (χ2v) is 4.62. The normalized spacial score (nSPS) is 11.4. The fraction of sp³-hybridized carbons (Fsp3) is 0. The van der Waals surface area contributed by atoms with Gasteiger partial charge in [0, 0.05) is 0 Å². The van der Waals surface area contributed by atoms with Crippen LogP contribution < -0.4 is 10.9 Å². The van der Waals surface area contributed by atoms with Crippen LogP contribution in [0.3, 0.4) is 0 Å². The molecular formula is C7H6ClFN2O3S. The molecular weight excluding hydrogens is 247 g/mol. The van der Waals surface area contributed by atoms with Crippen molar-refractivity contribution in [3.63, 3.8) is 0 Å². The molecule has 0 unspecified atom stereocenters. The molecule has 0 saturated heterocycles. The molecule has 15 heavy (non-hydrogen) atoms. The van der Waals surface area contributed by atoms with Crippen molar-refractivity contribution in [2.75, 3.05) is 0 Å². The summed E-state index contributed by atoms with van der Waals surface area (Å²) in [7, 11) is -4.10. The zero-order valence-corrected chi connectivity index (χ0v) is 8.77. The third kappa shape index (κ3) is 2.44. The van der Waals surface area contributed by atoms with Crippen molar-refractivity contribution in [3.8, 4) is 0 Å². The third-order valence-electron chi connectivity index (χ3n) is 1.60. The monoisotopic (exact) mass is 252 g/mol. The highest BCUT2D eigenvalue weighted by Crippen LogP contribution is 2.23. The minimum Gasteiger partial charge on any atom is -0.366 e. The summed E-state index contributed by atoms with van der Waals surface area (Å²) in [5, 5.41) is 4.22. The molecule has 1 rings (SSSR count). The van der Waals surface area contributed by atoms with Crippen LogP contribution in [0.5, 0.6) is 0 Å². The maximum absolute atomic E-state index is 13.1. The Morgan fingerprint density at radius 1 is 1.40 bits per heavy atom. The van der Waals surface area contributed by atoms with Crippen LogP contribution in [0.2, 0.25) is 5.02 Å². The van der Waals surface area contributed by atoms with E-state index in [0.717, 1.165) is 6.07 Å². The van der Waals surface area contributed by atoms with E-state index < -0.39 is 37.2 Å². The summed E-state index contributed by atoms with van der Waals surface area (Å²) in [6.07, 6.45) is 0. The minimum atomic E-state index is -4.10. The lowest BCUT2D eigenvalue weighted by atomic mass is 10.2.